The lowest BCUT2D eigenvalue weighted by Gasteiger charge is -2.13. The van der Waals surface area contributed by atoms with Gasteiger partial charge in [-0.2, -0.15) is 0 Å². The molecule has 0 spiro atoms. The van der Waals surface area contributed by atoms with Crippen LogP contribution in [0.5, 0.6) is 0 Å². The smallest absolute Gasteiger partial charge is 0.315 e. The number of nitrogens with one attached hydrogen (secondary N) is 2. The zero-order valence-electron chi connectivity index (χ0n) is 13.1. The minimum absolute atomic E-state index is 0.155. The van der Waals surface area contributed by atoms with E-state index in [0.717, 1.165) is 31.6 Å². The molecule has 2 heterocycles. The Kier molecular flexibility index (Phi) is 5.26. The molecule has 1 saturated heterocycles. The molecule has 1 aromatic heterocycles. The van der Waals surface area contributed by atoms with Gasteiger partial charge in [0, 0.05) is 38.6 Å². The Balaban J connectivity index is 1.50. The first-order chi connectivity index (χ1) is 11.3. The van der Waals surface area contributed by atoms with Crippen LogP contribution in [0, 0.1) is 0 Å². The van der Waals surface area contributed by atoms with Crippen molar-refractivity contribution in [1.29, 1.82) is 0 Å². The summed E-state index contributed by atoms with van der Waals surface area (Å²) < 4.78 is 7.50. The van der Waals surface area contributed by atoms with Gasteiger partial charge in [-0.3, -0.25) is 0 Å². The van der Waals surface area contributed by atoms with Gasteiger partial charge in [-0.1, -0.05) is 24.3 Å². The number of imidazole rings is 1. The number of carbonyl (C=O) groups is 1. The van der Waals surface area contributed by atoms with Crippen molar-refractivity contribution in [3.8, 4) is 0 Å². The molecule has 2 amide bonds. The lowest BCUT2D eigenvalue weighted by molar-refractivity contribution is 0.111. The van der Waals surface area contributed by atoms with Crippen LogP contribution in [0.1, 0.15) is 24.0 Å². The second kappa shape index (κ2) is 7.78. The van der Waals surface area contributed by atoms with Gasteiger partial charge >= 0.3 is 6.03 Å². The van der Waals surface area contributed by atoms with E-state index in [-0.39, 0.29) is 12.1 Å². The van der Waals surface area contributed by atoms with Gasteiger partial charge in [0.2, 0.25) is 0 Å². The van der Waals surface area contributed by atoms with Crippen molar-refractivity contribution in [2.75, 3.05) is 13.2 Å². The lowest BCUT2D eigenvalue weighted by Crippen LogP contribution is -2.39. The van der Waals surface area contributed by atoms with E-state index in [1.54, 1.807) is 12.5 Å². The summed E-state index contributed by atoms with van der Waals surface area (Å²) in [6.45, 7) is 2.62. The SMILES string of the molecule is O=C(NCc1ccccc1Cn1ccnc1)NC[C@@H]1CCCO1. The minimum atomic E-state index is -0.155. The number of hydrogen-bond donors (Lipinski definition) is 2. The van der Waals surface area contributed by atoms with Crippen LogP contribution in [0.3, 0.4) is 0 Å². The maximum Gasteiger partial charge on any atom is 0.315 e. The van der Waals surface area contributed by atoms with Gasteiger partial charge in [-0.25, -0.2) is 9.78 Å². The summed E-state index contributed by atoms with van der Waals surface area (Å²) in [5, 5.41) is 5.78. The Hall–Kier alpha value is -2.34. The van der Waals surface area contributed by atoms with E-state index in [2.05, 4.69) is 21.7 Å². The summed E-state index contributed by atoms with van der Waals surface area (Å²) in [5.41, 5.74) is 2.28. The molecule has 0 unspecified atom stereocenters. The van der Waals surface area contributed by atoms with Gasteiger partial charge in [0.05, 0.1) is 12.4 Å². The molecule has 0 bridgehead atoms. The molecule has 2 N–H and O–H groups in total. The van der Waals surface area contributed by atoms with E-state index in [1.165, 1.54) is 5.56 Å². The first-order valence-electron chi connectivity index (χ1n) is 7.97. The van der Waals surface area contributed by atoms with E-state index < -0.39 is 0 Å². The first kappa shape index (κ1) is 15.6. The standard InChI is InChI=1S/C17H22N4O2/c22-17(20-11-16-6-3-9-23-16)19-10-14-4-1-2-5-15(14)12-21-8-7-18-13-21/h1-2,4-5,7-8,13,16H,3,6,9-12H2,(H2,19,20,22)/t16-/m0/s1. The van der Waals surface area contributed by atoms with Crippen molar-refractivity contribution in [2.45, 2.75) is 32.0 Å². The first-order valence-corrected chi connectivity index (χ1v) is 7.97. The number of benzene rings is 1. The van der Waals surface area contributed by atoms with Gasteiger partial charge < -0.3 is 19.9 Å². The van der Waals surface area contributed by atoms with Crippen molar-refractivity contribution in [3.05, 3.63) is 54.1 Å². The predicted octanol–water partition coefficient (Wildman–Crippen LogP) is 1.91. The molecular weight excluding hydrogens is 292 g/mol. The summed E-state index contributed by atoms with van der Waals surface area (Å²) in [7, 11) is 0. The van der Waals surface area contributed by atoms with Crippen molar-refractivity contribution in [1.82, 2.24) is 20.2 Å². The Bertz CT molecular complexity index is 621. The highest BCUT2D eigenvalue weighted by atomic mass is 16.5. The topological polar surface area (TPSA) is 68.2 Å². The lowest BCUT2D eigenvalue weighted by atomic mass is 10.1. The number of nitrogens with zero attached hydrogens (tertiary/aromatic N) is 2. The third-order valence-corrected chi connectivity index (χ3v) is 3.98. The van der Waals surface area contributed by atoms with Gasteiger partial charge in [0.15, 0.2) is 0 Å². The summed E-state index contributed by atoms with van der Waals surface area (Å²) >= 11 is 0. The van der Waals surface area contributed by atoms with Crippen LogP contribution >= 0.6 is 0 Å². The number of amides is 2. The fraction of sp³-hybridized carbons (Fsp3) is 0.412. The molecule has 6 nitrogen and oxygen atoms in total. The van der Waals surface area contributed by atoms with Gasteiger partial charge in [-0.15, -0.1) is 0 Å². The maximum atomic E-state index is 11.9. The molecule has 1 fully saturated rings. The molecule has 1 aliphatic rings. The molecule has 0 saturated carbocycles. The summed E-state index contributed by atoms with van der Waals surface area (Å²) in [4.78, 5) is 16.0. The molecule has 1 aliphatic heterocycles. The Morgan fingerprint density at radius 2 is 2.17 bits per heavy atom. The molecule has 1 aromatic carbocycles. The number of urea groups is 1. The second-order valence-corrected chi connectivity index (χ2v) is 5.70. The zero-order chi connectivity index (χ0) is 15.9. The second-order valence-electron chi connectivity index (χ2n) is 5.70. The monoisotopic (exact) mass is 314 g/mol. The molecule has 0 aliphatic carbocycles. The number of carbonyl (C=O) groups excluding carboxylic acids is 1. The zero-order valence-corrected chi connectivity index (χ0v) is 13.1. The molecule has 1 atom stereocenters. The normalized spacial score (nSPS) is 17.1. The molecule has 122 valence electrons. The minimum Gasteiger partial charge on any atom is -0.376 e. The summed E-state index contributed by atoms with van der Waals surface area (Å²) in [6, 6.07) is 7.94. The van der Waals surface area contributed by atoms with Crippen LogP contribution < -0.4 is 10.6 Å². The number of hydrogen-bond acceptors (Lipinski definition) is 3. The third kappa shape index (κ3) is 4.56. The van der Waals surface area contributed by atoms with E-state index in [4.69, 9.17) is 4.74 Å². The van der Waals surface area contributed by atoms with E-state index >= 15 is 0 Å². The van der Waals surface area contributed by atoms with Crippen LogP contribution in [-0.2, 0) is 17.8 Å². The molecule has 3 rings (SSSR count). The average Bonchev–Trinajstić information content (AvgIpc) is 3.25. The highest BCUT2D eigenvalue weighted by molar-refractivity contribution is 5.73. The summed E-state index contributed by atoms with van der Waals surface area (Å²) in [5.74, 6) is 0. The molecule has 2 aromatic rings. The number of aromatic nitrogens is 2. The van der Waals surface area contributed by atoms with Gasteiger partial charge in [-0.05, 0) is 24.0 Å². The highest BCUT2D eigenvalue weighted by Gasteiger charge is 2.16. The Morgan fingerprint density at radius 1 is 1.30 bits per heavy atom. The van der Waals surface area contributed by atoms with Crippen molar-refractivity contribution in [2.24, 2.45) is 0 Å². The van der Waals surface area contributed by atoms with E-state index in [9.17, 15) is 4.79 Å². The van der Waals surface area contributed by atoms with Crippen LogP contribution in [0.15, 0.2) is 43.0 Å². The fourth-order valence-electron chi connectivity index (χ4n) is 2.71. The average molecular weight is 314 g/mol. The van der Waals surface area contributed by atoms with Gasteiger partial charge in [0.1, 0.15) is 0 Å². The van der Waals surface area contributed by atoms with Crippen LogP contribution in [-0.4, -0.2) is 34.8 Å². The van der Waals surface area contributed by atoms with Gasteiger partial charge in [0.25, 0.3) is 0 Å². The van der Waals surface area contributed by atoms with E-state index in [0.29, 0.717) is 13.1 Å². The molecule has 0 radical (unpaired) electrons. The quantitative estimate of drug-likeness (QED) is 0.856. The van der Waals surface area contributed by atoms with Crippen LogP contribution in [0.25, 0.3) is 0 Å². The number of ether oxygens (including phenoxy) is 1. The van der Waals surface area contributed by atoms with Crippen molar-refractivity contribution >= 4 is 6.03 Å². The maximum absolute atomic E-state index is 11.9. The van der Waals surface area contributed by atoms with Crippen molar-refractivity contribution in [3.63, 3.8) is 0 Å². The number of rotatable bonds is 6. The molecular formula is C17H22N4O2. The van der Waals surface area contributed by atoms with Crippen LogP contribution in [0.2, 0.25) is 0 Å². The highest BCUT2D eigenvalue weighted by Crippen LogP contribution is 2.11. The predicted molar refractivity (Wildman–Crippen MR) is 87.0 cm³/mol. The third-order valence-electron chi connectivity index (χ3n) is 3.98. The fourth-order valence-corrected chi connectivity index (χ4v) is 2.71. The molecule has 23 heavy (non-hydrogen) atoms. The largest absolute Gasteiger partial charge is 0.376 e. The Morgan fingerprint density at radius 3 is 2.91 bits per heavy atom. The van der Waals surface area contributed by atoms with Crippen LogP contribution in [0.4, 0.5) is 4.79 Å². The molecule has 6 heteroatoms. The van der Waals surface area contributed by atoms with Crippen molar-refractivity contribution < 1.29 is 9.53 Å². The van der Waals surface area contributed by atoms with E-state index in [1.807, 2.05) is 29.0 Å². The Labute approximate surface area is 135 Å². The summed E-state index contributed by atoms with van der Waals surface area (Å²) in [6.07, 6.45) is 7.74.